The Kier molecular flexibility index (Phi) is 6.82. The molecule has 0 saturated carbocycles. The average Bonchev–Trinajstić information content (AvgIpc) is 2.71. The van der Waals surface area contributed by atoms with E-state index in [0.717, 1.165) is 0 Å². The Balaban J connectivity index is 2.11. The van der Waals surface area contributed by atoms with Crippen LogP contribution in [-0.4, -0.2) is 40.4 Å². The first-order valence-corrected chi connectivity index (χ1v) is 7.90. The van der Waals surface area contributed by atoms with Crippen molar-refractivity contribution < 1.29 is 33.3 Å². The fourth-order valence-electron chi connectivity index (χ4n) is 2.29. The van der Waals surface area contributed by atoms with Crippen molar-refractivity contribution in [1.29, 1.82) is 0 Å². The number of ether oxygens (including phenoxy) is 5. The Morgan fingerprint density at radius 2 is 1.44 bits per heavy atom. The third kappa shape index (κ3) is 5.01. The summed E-state index contributed by atoms with van der Waals surface area (Å²) in [7, 11) is 5.83. The predicted molar refractivity (Wildman–Crippen MR) is 98.5 cm³/mol. The third-order valence-corrected chi connectivity index (χ3v) is 3.59. The van der Waals surface area contributed by atoms with Crippen molar-refractivity contribution in [3.05, 3.63) is 53.6 Å². The number of carbonyl (C=O) groups excluding carboxylic acids is 2. The van der Waals surface area contributed by atoms with Crippen LogP contribution < -0.4 is 18.9 Å². The first-order chi connectivity index (χ1) is 13.0. The molecule has 2 aromatic rings. The number of hydrogen-bond donors (Lipinski definition) is 0. The Morgan fingerprint density at radius 1 is 0.852 bits per heavy atom. The van der Waals surface area contributed by atoms with E-state index in [0.29, 0.717) is 34.1 Å². The van der Waals surface area contributed by atoms with E-state index in [1.165, 1.54) is 58.8 Å². The van der Waals surface area contributed by atoms with Gasteiger partial charge in [-0.1, -0.05) is 0 Å². The molecule has 0 fully saturated rings. The quantitative estimate of drug-likeness (QED) is 0.420. The van der Waals surface area contributed by atoms with Crippen LogP contribution in [0.1, 0.15) is 15.9 Å². The zero-order valence-corrected chi connectivity index (χ0v) is 15.5. The van der Waals surface area contributed by atoms with E-state index in [-0.39, 0.29) is 0 Å². The maximum atomic E-state index is 12.0. The molecule has 0 heterocycles. The van der Waals surface area contributed by atoms with Gasteiger partial charge in [-0.3, -0.25) is 0 Å². The molecule has 7 nitrogen and oxygen atoms in total. The monoisotopic (exact) mass is 372 g/mol. The van der Waals surface area contributed by atoms with Crippen molar-refractivity contribution in [3.63, 3.8) is 0 Å². The van der Waals surface area contributed by atoms with Crippen molar-refractivity contribution in [2.45, 2.75) is 0 Å². The minimum Gasteiger partial charge on any atom is -0.493 e. The standard InChI is InChI=1S/C20H20O7/c1-23-16-11-13(12-17(24-2)19(16)25-3)5-10-18(21)27-15-8-6-14(7-9-15)20(22)26-4/h5-12H,1-4H3/b10-5+. The van der Waals surface area contributed by atoms with Crippen LogP contribution in [0.2, 0.25) is 0 Å². The lowest BCUT2D eigenvalue weighted by Gasteiger charge is -2.12. The van der Waals surface area contributed by atoms with Gasteiger partial charge >= 0.3 is 11.9 Å². The van der Waals surface area contributed by atoms with Crippen LogP contribution in [-0.2, 0) is 9.53 Å². The van der Waals surface area contributed by atoms with Crippen LogP contribution in [0.4, 0.5) is 0 Å². The van der Waals surface area contributed by atoms with Gasteiger partial charge in [-0.15, -0.1) is 0 Å². The zero-order chi connectivity index (χ0) is 19.8. The summed E-state index contributed by atoms with van der Waals surface area (Å²) in [4.78, 5) is 23.4. The molecule has 0 bridgehead atoms. The maximum Gasteiger partial charge on any atom is 0.337 e. The van der Waals surface area contributed by atoms with Gasteiger partial charge in [0.15, 0.2) is 11.5 Å². The van der Waals surface area contributed by atoms with Gasteiger partial charge in [0.25, 0.3) is 0 Å². The fourth-order valence-corrected chi connectivity index (χ4v) is 2.29. The van der Waals surface area contributed by atoms with Gasteiger partial charge in [0.05, 0.1) is 34.0 Å². The van der Waals surface area contributed by atoms with E-state index < -0.39 is 11.9 Å². The summed E-state index contributed by atoms with van der Waals surface area (Å²) in [5, 5.41) is 0. The van der Waals surface area contributed by atoms with Crippen molar-refractivity contribution in [2.75, 3.05) is 28.4 Å². The number of esters is 2. The van der Waals surface area contributed by atoms with Gasteiger partial charge in [-0.2, -0.15) is 0 Å². The van der Waals surface area contributed by atoms with Crippen molar-refractivity contribution in [2.24, 2.45) is 0 Å². The maximum absolute atomic E-state index is 12.0. The number of benzene rings is 2. The first-order valence-electron chi connectivity index (χ1n) is 7.90. The highest BCUT2D eigenvalue weighted by atomic mass is 16.5. The summed E-state index contributed by atoms with van der Waals surface area (Å²) < 4.78 is 25.6. The summed E-state index contributed by atoms with van der Waals surface area (Å²) in [5.74, 6) is 0.684. The Morgan fingerprint density at radius 3 is 1.93 bits per heavy atom. The number of hydrogen-bond acceptors (Lipinski definition) is 7. The number of carbonyl (C=O) groups is 2. The number of rotatable bonds is 7. The van der Waals surface area contributed by atoms with Gasteiger partial charge in [0, 0.05) is 6.08 Å². The van der Waals surface area contributed by atoms with E-state index in [4.69, 9.17) is 18.9 Å². The Hall–Kier alpha value is -3.48. The highest BCUT2D eigenvalue weighted by Crippen LogP contribution is 2.38. The lowest BCUT2D eigenvalue weighted by Crippen LogP contribution is -2.05. The lowest BCUT2D eigenvalue weighted by molar-refractivity contribution is -0.128. The zero-order valence-electron chi connectivity index (χ0n) is 15.5. The SMILES string of the molecule is COC(=O)c1ccc(OC(=O)/C=C/c2cc(OC)c(OC)c(OC)c2)cc1. The van der Waals surface area contributed by atoms with E-state index >= 15 is 0 Å². The normalized spacial score (nSPS) is 10.4. The molecular weight excluding hydrogens is 352 g/mol. The van der Waals surface area contributed by atoms with E-state index in [9.17, 15) is 9.59 Å². The van der Waals surface area contributed by atoms with Crippen LogP contribution in [0.5, 0.6) is 23.0 Å². The molecule has 0 N–H and O–H groups in total. The van der Waals surface area contributed by atoms with Crippen LogP contribution >= 0.6 is 0 Å². The molecule has 0 unspecified atom stereocenters. The van der Waals surface area contributed by atoms with Gasteiger partial charge in [0.1, 0.15) is 5.75 Å². The highest BCUT2D eigenvalue weighted by molar-refractivity contribution is 5.90. The van der Waals surface area contributed by atoms with Gasteiger partial charge in [0.2, 0.25) is 5.75 Å². The van der Waals surface area contributed by atoms with Crippen molar-refractivity contribution in [3.8, 4) is 23.0 Å². The minimum atomic E-state index is -0.574. The Labute approximate surface area is 157 Å². The highest BCUT2D eigenvalue weighted by Gasteiger charge is 2.12. The molecule has 0 saturated heterocycles. The fraction of sp³-hybridized carbons (Fsp3) is 0.200. The number of methoxy groups -OCH3 is 4. The van der Waals surface area contributed by atoms with Gasteiger partial charge < -0.3 is 23.7 Å². The minimum absolute atomic E-state index is 0.308. The topological polar surface area (TPSA) is 80.3 Å². The molecule has 142 valence electrons. The van der Waals surface area contributed by atoms with Crippen molar-refractivity contribution >= 4 is 18.0 Å². The molecule has 0 amide bonds. The molecule has 0 radical (unpaired) electrons. The largest absolute Gasteiger partial charge is 0.493 e. The predicted octanol–water partition coefficient (Wildman–Crippen LogP) is 3.12. The lowest BCUT2D eigenvalue weighted by atomic mass is 10.1. The average molecular weight is 372 g/mol. The summed E-state index contributed by atoms with van der Waals surface area (Å²) in [5.41, 5.74) is 1.03. The summed E-state index contributed by atoms with van der Waals surface area (Å²) >= 11 is 0. The molecule has 7 heteroatoms. The molecule has 0 aromatic heterocycles. The van der Waals surface area contributed by atoms with Crippen LogP contribution in [0.25, 0.3) is 6.08 Å². The molecule has 0 atom stereocenters. The second kappa shape index (κ2) is 9.28. The first kappa shape index (κ1) is 19.8. The summed E-state index contributed by atoms with van der Waals surface area (Å²) in [6.45, 7) is 0. The molecular formula is C20H20O7. The van der Waals surface area contributed by atoms with Crippen molar-refractivity contribution in [1.82, 2.24) is 0 Å². The Bertz CT molecular complexity index is 813. The molecule has 0 aliphatic carbocycles. The van der Waals surface area contributed by atoms with Crippen LogP contribution in [0.3, 0.4) is 0 Å². The molecule has 2 rings (SSSR count). The molecule has 0 aliphatic rings. The molecule has 0 spiro atoms. The summed E-state index contributed by atoms with van der Waals surface area (Å²) in [6.07, 6.45) is 2.84. The van der Waals surface area contributed by atoms with E-state index in [2.05, 4.69) is 4.74 Å². The van der Waals surface area contributed by atoms with Crippen LogP contribution in [0, 0.1) is 0 Å². The second-order valence-corrected chi connectivity index (χ2v) is 5.23. The van der Waals surface area contributed by atoms with E-state index in [1.54, 1.807) is 18.2 Å². The third-order valence-electron chi connectivity index (χ3n) is 3.59. The van der Waals surface area contributed by atoms with Gasteiger partial charge in [-0.25, -0.2) is 9.59 Å². The second-order valence-electron chi connectivity index (χ2n) is 5.23. The van der Waals surface area contributed by atoms with Gasteiger partial charge in [-0.05, 0) is 48.0 Å². The molecule has 0 aliphatic heterocycles. The smallest absolute Gasteiger partial charge is 0.337 e. The molecule has 2 aromatic carbocycles. The molecule has 27 heavy (non-hydrogen) atoms. The summed E-state index contributed by atoms with van der Waals surface area (Å²) in [6, 6.07) is 9.45. The van der Waals surface area contributed by atoms with Crippen LogP contribution in [0.15, 0.2) is 42.5 Å². The van der Waals surface area contributed by atoms with E-state index in [1.807, 2.05) is 0 Å².